The summed E-state index contributed by atoms with van der Waals surface area (Å²) < 4.78 is 0. The van der Waals surface area contributed by atoms with Crippen molar-refractivity contribution in [1.82, 2.24) is 9.97 Å². The van der Waals surface area contributed by atoms with Crippen LogP contribution >= 0.6 is 11.3 Å². The number of nitrogens with one attached hydrogen (secondary N) is 1. The van der Waals surface area contributed by atoms with Gasteiger partial charge in [0.15, 0.2) is 0 Å². The molecule has 2 aliphatic rings. The zero-order chi connectivity index (χ0) is 20.7. The summed E-state index contributed by atoms with van der Waals surface area (Å²) >= 11 is 1.43. The van der Waals surface area contributed by atoms with Gasteiger partial charge in [0.05, 0.1) is 5.57 Å². The maximum Gasteiger partial charge on any atom is 0.262 e. The summed E-state index contributed by atoms with van der Waals surface area (Å²) in [4.78, 5) is 24.5. The van der Waals surface area contributed by atoms with E-state index < -0.39 is 0 Å². The quantitative estimate of drug-likeness (QED) is 0.624. The van der Waals surface area contributed by atoms with Gasteiger partial charge in [-0.1, -0.05) is 27.4 Å². The maximum atomic E-state index is 13.5. The van der Waals surface area contributed by atoms with Gasteiger partial charge in [-0.25, -0.2) is 9.97 Å². The molecule has 0 aliphatic heterocycles. The first-order valence-corrected chi connectivity index (χ1v) is 11.2. The molecule has 2 aromatic heterocycles. The van der Waals surface area contributed by atoms with E-state index in [0.29, 0.717) is 39.8 Å². The fourth-order valence-electron chi connectivity index (χ4n) is 3.62. The first-order chi connectivity index (χ1) is 13.9. The molecule has 1 amide bonds. The molecule has 3 N–H and O–H groups in total. The number of rotatable bonds is 8. The zero-order valence-corrected chi connectivity index (χ0v) is 18.1. The van der Waals surface area contributed by atoms with Crippen LogP contribution in [0, 0.1) is 11.8 Å². The summed E-state index contributed by atoms with van der Waals surface area (Å²) in [5.41, 5.74) is 8.66. The molecule has 2 unspecified atom stereocenters. The summed E-state index contributed by atoms with van der Waals surface area (Å²) in [5.74, 6) is 2.71. The van der Waals surface area contributed by atoms with Crippen molar-refractivity contribution in [3.8, 4) is 0 Å². The van der Waals surface area contributed by atoms with Gasteiger partial charge in [0.25, 0.3) is 5.91 Å². The van der Waals surface area contributed by atoms with Crippen molar-refractivity contribution >= 4 is 40.1 Å². The van der Waals surface area contributed by atoms with Gasteiger partial charge >= 0.3 is 0 Å². The number of nitrogens with two attached hydrogens (primary N) is 1. The molecule has 2 aromatic rings. The molecule has 2 saturated carbocycles. The van der Waals surface area contributed by atoms with Crippen molar-refractivity contribution in [2.75, 3.05) is 22.5 Å². The standard InChI is InChI=1S/C22H29N5OS/c1-12(2)11-25-18-10-17(23)19(16-9-13(16)3)20(26-18)27(15-5-6-15)22(28)14(4)21-24-7-8-29-21/h7-8,10,12-13,15-16H,4-6,9,11H2,1-3H3,(H3,23,25,26). The highest BCUT2D eigenvalue weighted by Gasteiger charge is 2.43. The second-order valence-electron chi connectivity index (χ2n) is 8.65. The first-order valence-electron chi connectivity index (χ1n) is 10.3. The fourth-order valence-corrected chi connectivity index (χ4v) is 4.23. The zero-order valence-electron chi connectivity index (χ0n) is 17.3. The summed E-state index contributed by atoms with van der Waals surface area (Å²) in [6.45, 7) is 11.4. The third-order valence-corrected chi connectivity index (χ3v) is 6.38. The van der Waals surface area contributed by atoms with E-state index >= 15 is 0 Å². The highest BCUT2D eigenvalue weighted by Crippen LogP contribution is 2.53. The van der Waals surface area contributed by atoms with Gasteiger partial charge in [0, 0.05) is 41.5 Å². The number of carbonyl (C=O) groups is 1. The Hall–Kier alpha value is -2.41. The molecule has 2 aliphatic carbocycles. The molecule has 0 bridgehead atoms. The molecule has 0 radical (unpaired) electrons. The van der Waals surface area contributed by atoms with Crippen molar-refractivity contribution < 1.29 is 4.79 Å². The lowest BCUT2D eigenvalue weighted by Gasteiger charge is -2.26. The fraction of sp³-hybridized carbons (Fsp3) is 0.500. The molecule has 0 saturated heterocycles. The van der Waals surface area contributed by atoms with Crippen molar-refractivity contribution in [3.05, 3.63) is 34.8 Å². The molecular formula is C22H29N5OS. The average molecular weight is 412 g/mol. The van der Waals surface area contributed by atoms with Crippen LogP contribution in [-0.4, -0.2) is 28.5 Å². The van der Waals surface area contributed by atoms with E-state index in [1.807, 2.05) is 16.3 Å². The van der Waals surface area contributed by atoms with Crippen LogP contribution in [0.3, 0.4) is 0 Å². The Balaban J connectivity index is 1.74. The molecule has 29 heavy (non-hydrogen) atoms. The number of anilines is 3. The second kappa shape index (κ2) is 7.78. The summed E-state index contributed by atoms with van der Waals surface area (Å²) in [7, 11) is 0. The van der Waals surface area contributed by atoms with Crippen molar-refractivity contribution in [3.63, 3.8) is 0 Å². The third-order valence-electron chi connectivity index (χ3n) is 5.55. The van der Waals surface area contributed by atoms with Crippen LogP contribution in [0.25, 0.3) is 5.57 Å². The Bertz CT molecular complexity index is 920. The van der Waals surface area contributed by atoms with E-state index in [4.69, 9.17) is 10.7 Å². The van der Waals surface area contributed by atoms with Gasteiger partial charge < -0.3 is 11.1 Å². The van der Waals surface area contributed by atoms with E-state index in [2.05, 4.69) is 37.7 Å². The Morgan fingerprint density at radius 3 is 2.72 bits per heavy atom. The van der Waals surface area contributed by atoms with E-state index in [0.717, 1.165) is 37.2 Å². The van der Waals surface area contributed by atoms with Crippen LogP contribution in [0.5, 0.6) is 0 Å². The SMILES string of the molecule is C=C(C(=O)N(c1nc(NCC(C)C)cc(N)c1C1CC1C)C1CC1)c1nccs1. The van der Waals surface area contributed by atoms with Crippen molar-refractivity contribution in [1.29, 1.82) is 0 Å². The van der Waals surface area contributed by atoms with Crippen molar-refractivity contribution in [2.24, 2.45) is 11.8 Å². The number of nitrogen functional groups attached to an aromatic ring is 1. The topological polar surface area (TPSA) is 84.1 Å². The van der Waals surface area contributed by atoms with Crippen LogP contribution < -0.4 is 16.0 Å². The lowest BCUT2D eigenvalue weighted by atomic mass is 10.1. The number of aromatic nitrogens is 2. The minimum Gasteiger partial charge on any atom is -0.398 e. The minimum atomic E-state index is -0.120. The largest absolute Gasteiger partial charge is 0.398 e. The van der Waals surface area contributed by atoms with Crippen LogP contribution in [0.2, 0.25) is 0 Å². The lowest BCUT2D eigenvalue weighted by molar-refractivity contribution is -0.113. The highest BCUT2D eigenvalue weighted by molar-refractivity contribution is 7.11. The predicted octanol–water partition coefficient (Wildman–Crippen LogP) is 4.52. The van der Waals surface area contributed by atoms with Crippen molar-refractivity contribution in [2.45, 2.75) is 52.0 Å². The normalized spacial score (nSPS) is 20.6. The number of nitrogens with zero attached hydrogens (tertiary/aromatic N) is 3. The van der Waals surface area contributed by atoms with E-state index in [-0.39, 0.29) is 11.9 Å². The molecule has 0 aromatic carbocycles. The Morgan fingerprint density at radius 2 is 2.17 bits per heavy atom. The van der Waals surface area contributed by atoms with Gasteiger partial charge in [-0.15, -0.1) is 11.3 Å². The number of pyridine rings is 1. The molecule has 2 atom stereocenters. The molecular weight excluding hydrogens is 382 g/mol. The second-order valence-corrected chi connectivity index (χ2v) is 9.54. The summed E-state index contributed by atoms with van der Waals surface area (Å²) in [5, 5.41) is 5.89. The van der Waals surface area contributed by atoms with Gasteiger partial charge in [-0.3, -0.25) is 9.69 Å². The highest BCUT2D eigenvalue weighted by atomic mass is 32.1. The summed E-state index contributed by atoms with van der Waals surface area (Å²) in [6.07, 6.45) is 4.73. The van der Waals surface area contributed by atoms with Crippen LogP contribution in [0.15, 0.2) is 24.2 Å². The minimum absolute atomic E-state index is 0.120. The van der Waals surface area contributed by atoms with Crippen LogP contribution in [0.1, 0.15) is 56.5 Å². The molecule has 154 valence electrons. The van der Waals surface area contributed by atoms with Gasteiger partial charge in [0.1, 0.15) is 16.6 Å². The molecule has 6 nitrogen and oxygen atoms in total. The van der Waals surface area contributed by atoms with E-state index in [9.17, 15) is 4.79 Å². The monoisotopic (exact) mass is 411 g/mol. The molecule has 0 spiro atoms. The molecule has 7 heteroatoms. The van der Waals surface area contributed by atoms with Gasteiger partial charge in [-0.2, -0.15) is 0 Å². The number of amides is 1. The van der Waals surface area contributed by atoms with Gasteiger partial charge in [-0.05, 0) is 37.0 Å². The molecule has 2 heterocycles. The Labute approximate surface area is 176 Å². The summed E-state index contributed by atoms with van der Waals surface area (Å²) in [6, 6.07) is 2.07. The van der Waals surface area contributed by atoms with E-state index in [1.165, 1.54) is 11.3 Å². The number of carbonyl (C=O) groups excluding carboxylic acids is 1. The number of hydrogen-bond acceptors (Lipinski definition) is 6. The molecule has 2 fully saturated rings. The Kier molecular flexibility index (Phi) is 5.34. The smallest absolute Gasteiger partial charge is 0.262 e. The van der Waals surface area contributed by atoms with Gasteiger partial charge in [0.2, 0.25) is 0 Å². The first kappa shape index (κ1) is 19.9. The van der Waals surface area contributed by atoms with Crippen LogP contribution in [0.4, 0.5) is 17.3 Å². The maximum absolute atomic E-state index is 13.5. The lowest BCUT2D eigenvalue weighted by Crippen LogP contribution is -2.35. The number of thiazole rings is 1. The third kappa shape index (κ3) is 4.15. The Morgan fingerprint density at radius 1 is 1.45 bits per heavy atom. The van der Waals surface area contributed by atoms with Crippen LogP contribution in [-0.2, 0) is 4.79 Å². The molecule has 4 rings (SSSR count). The average Bonchev–Trinajstić information content (AvgIpc) is 3.58. The predicted molar refractivity (Wildman–Crippen MR) is 120 cm³/mol. The number of hydrogen-bond donors (Lipinski definition) is 2. The van der Waals surface area contributed by atoms with E-state index in [1.54, 1.807) is 6.20 Å².